The Labute approximate surface area is 350 Å². The van der Waals surface area contributed by atoms with E-state index in [1.165, 1.54) is 153 Å². The highest BCUT2D eigenvalue weighted by atomic mass is 32.2. The largest absolute Gasteiger partial charge is 0.481 e. The quantitative estimate of drug-likeness (QED) is 0.0473. The van der Waals surface area contributed by atoms with Crippen LogP contribution in [0.25, 0.3) is 0 Å². The average molecular weight is 821 g/mol. The first-order valence-corrected chi connectivity index (χ1v) is 23.8. The Kier molecular flexibility index (Phi) is 34.6. The zero-order chi connectivity index (χ0) is 41.6. The number of thioether (sulfide) groups is 1. The molecule has 11 heteroatoms. The highest BCUT2D eigenvalue weighted by Gasteiger charge is 2.21. The standard InChI is InChI=1S/C46H80N2O8S/c1-3-5-7-9-11-13-15-17-19-21-23-25-34-55-37-41(56-35-26-24-22-20-18-16-14-12-10-8-6-4-2)38-57-36-33-43(49)47-40-29-27-39(28-30-40)45(52)48-42(46(53)54)31-32-44(50)51/h27-30,41-42H,3-26,31-38H2,1-2H3,(H,47,49)(H,48,52)(H,50,51)(H,53,54)/t41?,42-/m0/s1. The van der Waals surface area contributed by atoms with Crippen molar-refractivity contribution in [2.24, 2.45) is 0 Å². The highest BCUT2D eigenvalue weighted by Crippen LogP contribution is 2.16. The molecule has 2 amide bonds. The van der Waals surface area contributed by atoms with Gasteiger partial charge in [-0.3, -0.25) is 14.4 Å². The molecule has 0 saturated heterocycles. The number of carbonyl (C=O) groups excluding carboxylic acids is 2. The maximum atomic E-state index is 12.7. The number of carboxylic acid groups (broad SMARTS) is 2. The number of hydrogen-bond acceptors (Lipinski definition) is 7. The van der Waals surface area contributed by atoms with Crippen LogP contribution in [-0.2, 0) is 23.9 Å². The lowest BCUT2D eigenvalue weighted by Crippen LogP contribution is -2.41. The molecule has 0 radical (unpaired) electrons. The minimum Gasteiger partial charge on any atom is -0.481 e. The van der Waals surface area contributed by atoms with Crippen molar-refractivity contribution in [3.63, 3.8) is 0 Å². The van der Waals surface area contributed by atoms with Gasteiger partial charge in [0.05, 0.1) is 12.7 Å². The van der Waals surface area contributed by atoms with Crippen LogP contribution in [0.3, 0.4) is 0 Å². The molecule has 0 aliphatic rings. The number of hydrogen-bond donors (Lipinski definition) is 4. The van der Waals surface area contributed by atoms with Gasteiger partial charge in [0.2, 0.25) is 5.91 Å². The number of ether oxygens (including phenoxy) is 2. The molecule has 57 heavy (non-hydrogen) atoms. The molecule has 0 fully saturated rings. The number of carbonyl (C=O) groups is 4. The number of rotatable bonds is 41. The fourth-order valence-electron chi connectivity index (χ4n) is 6.67. The second-order valence-corrected chi connectivity index (χ2v) is 16.7. The van der Waals surface area contributed by atoms with Gasteiger partial charge in [-0.1, -0.05) is 155 Å². The maximum Gasteiger partial charge on any atom is 0.326 e. The summed E-state index contributed by atoms with van der Waals surface area (Å²) in [4.78, 5) is 47.4. The number of benzene rings is 1. The highest BCUT2D eigenvalue weighted by molar-refractivity contribution is 7.99. The molecule has 0 aliphatic heterocycles. The van der Waals surface area contributed by atoms with Crippen LogP contribution in [0.5, 0.6) is 0 Å². The first-order chi connectivity index (χ1) is 27.8. The molecule has 0 spiro atoms. The van der Waals surface area contributed by atoms with Crippen molar-refractivity contribution in [3.05, 3.63) is 29.8 Å². The number of anilines is 1. The molecule has 1 rings (SSSR count). The Morgan fingerprint density at radius 2 is 1.11 bits per heavy atom. The Bertz CT molecular complexity index is 1150. The minimum absolute atomic E-state index is 0.00774. The maximum absolute atomic E-state index is 12.7. The molecule has 0 aliphatic carbocycles. The van der Waals surface area contributed by atoms with Gasteiger partial charge in [0.25, 0.3) is 5.91 Å². The first-order valence-electron chi connectivity index (χ1n) is 22.7. The van der Waals surface area contributed by atoms with E-state index in [0.29, 0.717) is 24.5 Å². The molecule has 1 unspecified atom stereocenters. The fourth-order valence-corrected chi connectivity index (χ4v) is 7.62. The lowest BCUT2D eigenvalue weighted by atomic mass is 10.1. The van der Waals surface area contributed by atoms with Gasteiger partial charge in [-0.15, -0.1) is 0 Å². The molecule has 1 aromatic carbocycles. The summed E-state index contributed by atoms with van der Waals surface area (Å²) in [6.45, 7) is 6.60. The van der Waals surface area contributed by atoms with E-state index in [-0.39, 0.29) is 30.4 Å². The van der Waals surface area contributed by atoms with Crippen LogP contribution in [0, 0.1) is 0 Å². The summed E-state index contributed by atoms with van der Waals surface area (Å²) >= 11 is 1.69. The van der Waals surface area contributed by atoms with Crippen LogP contribution in [0.1, 0.15) is 198 Å². The summed E-state index contributed by atoms with van der Waals surface area (Å²) in [5.74, 6) is -1.81. The Hall–Kier alpha value is -2.63. The van der Waals surface area contributed by atoms with E-state index in [2.05, 4.69) is 24.5 Å². The van der Waals surface area contributed by atoms with Crippen molar-refractivity contribution in [1.29, 1.82) is 0 Å². The van der Waals surface area contributed by atoms with Crippen LogP contribution in [0.2, 0.25) is 0 Å². The number of unbranched alkanes of at least 4 members (excludes halogenated alkanes) is 22. The molecular weight excluding hydrogens is 741 g/mol. The molecule has 0 heterocycles. The van der Waals surface area contributed by atoms with Gasteiger partial charge in [-0.05, 0) is 43.5 Å². The minimum atomic E-state index is -1.31. The molecule has 0 aromatic heterocycles. The third-order valence-electron chi connectivity index (χ3n) is 10.3. The van der Waals surface area contributed by atoms with Gasteiger partial charge in [0, 0.05) is 48.8 Å². The molecular formula is C46H80N2O8S. The Balaban J connectivity index is 2.38. The molecule has 4 N–H and O–H groups in total. The Morgan fingerprint density at radius 1 is 0.632 bits per heavy atom. The van der Waals surface area contributed by atoms with Crippen molar-refractivity contribution >= 4 is 41.2 Å². The van der Waals surface area contributed by atoms with Gasteiger partial charge in [-0.25, -0.2) is 4.79 Å². The third-order valence-corrected chi connectivity index (χ3v) is 11.4. The summed E-state index contributed by atoms with van der Waals surface area (Å²) in [6, 6.07) is 4.84. The fraction of sp³-hybridized carbons (Fsp3) is 0.783. The lowest BCUT2D eigenvalue weighted by Gasteiger charge is -2.18. The van der Waals surface area contributed by atoms with Crippen LogP contribution < -0.4 is 10.6 Å². The molecule has 0 bridgehead atoms. The topological polar surface area (TPSA) is 151 Å². The van der Waals surface area contributed by atoms with Gasteiger partial charge in [0.15, 0.2) is 0 Å². The predicted molar refractivity (Wildman–Crippen MR) is 235 cm³/mol. The van der Waals surface area contributed by atoms with Crippen LogP contribution in [0.4, 0.5) is 5.69 Å². The molecule has 2 atom stereocenters. The Morgan fingerprint density at radius 3 is 1.58 bits per heavy atom. The third kappa shape index (κ3) is 32.0. The summed E-state index contributed by atoms with van der Waals surface area (Å²) < 4.78 is 12.4. The molecule has 1 aromatic rings. The van der Waals surface area contributed by atoms with Crippen LogP contribution in [0.15, 0.2) is 24.3 Å². The monoisotopic (exact) mass is 821 g/mol. The second kappa shape index (κ2) is 37.6. The molecule has 10 nitrogen and oxygen atoms in total. The van der Waals surface area contributed by atoms with Crippen molar-refractivity contribution in [3.8, 4) is 0 Å². The number of amides is 2. The first kappa shape index (κ1) is 52.4. The van der Waals surface area contributed by atoms with E-state index in [4.69, 9.17) is 14.6 Å². The molecule has 328 valence electrons. The van der Waals surface area contributed by atoms with E-state index in [9.17, 15) is 24.3 Å². The molecule has 0 saturated carbocycles. The van der Waals surface area contributed by atoms with Crippen molar-refractivity contribution in [2.75, 3.05) is 36.6 Å². The van der Waals surface area contributed by atoms with Gasteiger partial charge < -0.3 is 30.3 Å². The van der Waals surface area contributed by atoms with Crippen molar-refractivity contribution in [1.82, 2.24) is 5.32 Å². The zero-order valence-corrected chi connectivity index (χ0v) is 36.7. The SMILES string of the molecule is CCCCCCCCCCCCCCOCC(CSCCC(=O)Nc1ccc(C(=O)N[C@@H](CCC(=O)O)C(=O)O)cc1)OCCCCCCCCCCCCCC. The van der Waals surface area contributed by atoms with Gasteiger partial charge in [0.1, 0.15) is 6.04 Å². The summed E-state index contributed by atoms with van der Waals surface area (Å²) in [7, 11) is 0. The van der Waals surface area contributed by atoms with Crippen molar-refractivity contribution < 1.29 is 38.9 Å². The second-order valence-electron chi connectivity index (χ2n) is 15.6. The normalized spacial score (nSPS) is 12.3. The van der Waals surface area contributed by atoms with Gasteiger partial charge in [-0.2, -0.15) is 11.8 Å². The predicted octanol–water partition coefficient (Wildman–Crippen LogP) is 11.6. The van der Waals surface area contributed by atoms with E-state index in [0.717, 1.165) is 31.8 Å². The van der Waals surface area contributed by atoms with Gasteiger partial charge >= 0.3 is 11.9 Å². The van der Waals surface area contributed by atoms with E-state index in [1.54, 1.807) is 23.9 Å². The summed E-state index contributed by atoms with van der Waals surface area (Å²) in [6.07, 6.45) is 31.3. The van der Waals surface area contributed by atoms with E-state index < -0.39 is 23.9 Å². The van der Waals surface area contributed by atoms with E-state index in [1.807, 2.05) is 0 Å². The summed E-state index contributed by atoms with van der Waals surface area (Å²) in [5, 5.41) is 23.4. The average Bonchev–Trinajstić information content (AvgIpc) is 3.19. The van der Waals surface area contributed by atoms with E-state index >= 15 is 0 Å². The lowest BCUT2D eigenvalue weighted by molar-refractivity contribution is -0.140. The van der Waals surface area contributed by atoms with Crippen LogP contribution >= 0.6 is 11.8 Å². The number of aliphatic carboxylic acids is 2. The smallest absolute Gasteiger partial charge is 0.326 e. The van der Waals surface area contributed by atoms with Crippen LogP contribution in [-0.4, -0.2) is 77.4 Å². The number of carboxylic acids is 2. The summed E-state index contributed by atoms with van der Waals surface area (Å²) in [5.41, 5.74) is 0.734. The zero-order valence-electron chi connectivity index (χ0n) is 35.8. The number of nitrogens with one attached hydrogen (secondary N) is 2. The van der Waals surface area contributed by atoms with Crippen molar-refractivity contribution in [2.45, 2.75) is 199 Å².